The number of rotatable bonds is 34. The molecule has 0 aliphatic rings. The Morgan fingerprint density at radius 2 is 0.500 bits per heavy atom. The fourth-order valence-corrected chi connectivity index (χ4v) is 6.20. The third kappa shape index (κ3) is 33.6. The summed E-state index contributed by atoms with van der Waals surface area (Å²) in [5.41, 5.74) is 0. The van der Waals surface area contributed by atoms with Gasteiger partial charge in [-0.15, -0.1) is 0 Å². The molecule has 0 fully saturated rings. The average molecular weight is 617 g/mol. The van der Waals surface area contributed by atoms with Crippen LogP contribution in [0.2, 0.25) is 0 Å². The van der Waals surface area contributed by atoms with Crippen LogP contribution in [-0.2, 0) is 19.7 Å². The number of carbonyl (C=O) groups excluding carboxylic acids is 1. The summed E-state index contributed by atoms with van der Waals surface area (Å²) >= 11 is 0. The number of hydrogen-bond donors (Lipinski definition) is 2. The minimum atomic E-state index is -4.48. The summed E-state index contributed by atoms with van der Waals surface area (Å²) < 4.78 is 29.9. The maximum Gasteiger partial charge on any atom is 0.328 e. The predicted octanol–water partition coefficient (Wildman–Crippen LogP) is 11.4. The molecule has 0 saturated heterocycles. The zero-order valence-corrected chi connectivity index (χ0v) is 28.1. The fraction of sp³-hybridized carbons (Fsp3) is 0.943. The second-order valence-electron chi connectivity index (χ2n) is 12.7. The first-order chi connectivity index (χ1) is 20.3. The van der Waals surface area contributed by atoms with E-state index < -0.39 is 21.2 Å². The van der Waals surface area contributed by atoms with Gasteiger partial charge in [0.2, 0.25) is 0 Å². The molecule has 0 spiro atoms. The standard InChI is InChI=1S/C35H68O6S/c36-34(37)32-30-28-26-24-22-20-18-16-14-12-10-8-6-4-2-1-3-5-7-9-11-13-15-17-19-21-23-25-27-29-31-33-35(38)42(39,40)41/h1-33H2,(H,36,37)(H,39,40,41). The summed E-state index contributed by atoms with van der Waals surface area (Å²) in [5, 5.41) is 7.58. The molecule has 0 radical (unpaired) electrons. The third-order valence-corrected chi connectivity index (χ3v) is 9.34. The first-order valence-corrected chi connectivity index (χ1v) is 19.5. The number of unbranched alkanes of at least 4 members (excludes halogenated alkanes) is 30. The maximum atomic E-state index is 11.1. The van der Waals surface area contributed by atoms with E-state index in [1.807, 2.05) is 0 Å². The first kappa shape index (κ1) is 41.0. The Bertz CT molecular complexity index is 706. The minimum Gasteiger partial charge on any atom is -0.481 e. The topological polar surface area (TPSA) is 109 Å². The lowest BCUT2D eigenvalue weighted by Gasteiger charge is -2.05. The normalized spacial score (nSPS) is 11.7. The third-order valence-electron chi connectivity index (χ3n) is 8.56. The molecule has 0 saturated carbocycles. The zero-order chi connectivity index (χ0) is 31.0. The van der Waals surface area contributed by atoms with E-state index >= 15 is 0 Å². The number of carboxylic acid groups (broad SMARTS) is 1. The van der Waals surface area contributed by atoms with Crippen molar-refractivity contribution in [1.29, 1.82) is 0 Å². The number of carboxylic acids is 1. The van der Waals surface area contributed by atoms with E-state index in [0.717, 1.165) is 32.1 Å². The maximum absolute atomic E-state index is 11.1. The van der Waals surface area contributed by atoms with Crippen LogP contribution in [-0.4, -0.2) is 29.2 Å². The predicted molar refractivity (Wildman–Crippen MR) is 177 cm³/mol. The molecule has 0 amide bonds. The number of hydrogen-bond acceptors (Lipinski definition) is 4. The number of carbonyl (C=O) groups is 2. The lowest BCUT2D eigenvalue weighted by Crippen LogP contribution is -2.12. The van der Waals surface area contributed by atoms with Crippen molar-refractivity contribution in [3.63, 3.8) is 0 Å². The molecular weight excluding hydrogens is 548 g/mol. The van der Waals surface area contributed by atoms with Crippen molar-refractivity contribution in [3.05, 3.63) is 0 Å². The number of aliphatic carboxylic acids is 1. The van der Waals surface area contributed by atoms with Gasteiger partial charge in [-0.05, 0) is 12.8 Å². The molecule has 42 heavy (non-hydrogen) atoms. The molecule has 0 atom stereocenters. The van der Waals surface area contributed by atoms with Crippen LogP contribution in [0.4, 0.5) is 0 Å². The van der Waals surface area contributed by atoms with Crippen LogP contribution in [0.25, 0.3) is 0 Å². The van der Waals surface area contributed by atoms with Crippen LogP contribution in [0, 0.1) is 0 Å². The molecule has 0 aromatic heterocycles. The van der Waals surface area contributed by atoms with E-state index in [1.54, 1.807) is 0 Å². The average Bonchev–Trinajstić information content (AvgIpc) is 2.94. The molecule has 0 aliphatic heterocycles. The van der Waals surface area contributed by atoms with Crippen molar-refractivity contribution in [2.75, 3.05) is 0 Å². The SMILES string of the molecule is O=C(O)CCCCCCCCCCCCCCCCCCCCCCCCCCCCCCCCCC(=O)S(=O)(=O)O. The molecule has 0 aromatic rings. The van der Waals surface area contributed by atoms with Gasteiger partial charge in [-0.25, -0.2) is 0 Å². The summed E-state index contributed by atoms with van der Waals surface area (Å²) in [7, 11) is -4.48. The summed E-state index contributed by atoms with van der Waals surface area (Å²) in [6.45, 7) is 0. The lowest BCUT2D eigenvalue weighted by atomic mass is 10.0. The largest absolute Gasteiger partial charge is 0.481 e. The molecule has 0 rings (SSSR count). The van der Waals surface area contributed by atoms with Gasteiger partial charge < -0.3 is 5.11 Å². The first-order valence-electron chi connectivity index (χ1n) is 18.1. The van der Waals surface area contributed by atoms with E-state index in [0.29, 0.717) is 12.8 Å². The van der Waals surface area contributed by atoms with Crippen LogP contribution in [0.1, 0.15) is 212 Å². The Balaban J connectivity index is 3.10. The van der Waals surface area contributed by atoms with Gasteiger partial charge in [0.25, 0.3) is 5.12 Å². The molecule has 0 heterocycles. The van der Waals surface area contributed by atoms with Gasteiger partial charge in [-0.3, -0.25) is 14.1 Å². The molecule has 2 N–H and O–H groups in total. The smallest absolute Gasteiger partial charge is 0.328 e. The van der Waals surface area contributed by atoms with E-state index in [-0.39, 0.29) is 6.42 Å². The van der Waals surface area contributed by atoms with Crippen LogP contribution >= 0.6 is 0 Å². The van der Waals surface area contributed by atoms with Crippen molar-refractivity contribution in [3.8, 4) is 0 Å². The summed E-state index contributed by atoms with van der Waals surface area (Å²) in [5.74, 6) is -0.662. The van der Waals surface area contributed by atoms with Crippen molar-refractivity contribution in [2.24, 2.45) is 0 Å². The fourth-order valence-electron chi connectivity index (χ4n) is 5.80. The van der Waals surface area contributed by atoms with E-state index in [1.165, 1.54) is 161 Å². The van der Waals surface area contributed by atoms with Gasteiger partial charge in [0.15, 0.2) is 0 Å². The van der Waals surface area contributed by atoms with Crippen molar-refractivity contribution in [2.45, 2.75) is 212 Å². The highest BCUT2D eigenvalue weighted by Crippen LogP contribution is 2.17. The summed E-state index contributed by atoms with van der Waals surface area (Å²) in [6.07, 6.45) is 39.8. The zero-order valence-electron chi connectivity index (χ0n) is 27.3. The van der Waals surface area contributed by atoms with Crippen LogP contribution in [0.5, 0.6) is 0 Å². The van der Waals surface area contributed by atoms with Crippen molar-refractivity contribution >= 4 is 21.2 Å². The van der Waals surface area contributed by atoms with Crippen molar-refractivity contribution < 1.29 is 27.7 Å². The summed E-state index contributed by atoms with van der Waals surface area (Å²) in [6, 6.07) is 0. The highest BCUT2D eigenvalue weighted by molar-refractivity contribution is 8.01. The quantitative estimate of drug-likeness (QED) is 0.0550. The molecule has 0 aromatic carbocycles. The van der Waals surface area contributed by atoms with Crippen molar-refractivity contribution in [1.82, 2.24) is 0 Å². The van der Waals surface area contributed by atoms with Crippen LogP contribution in [0.15, 0.2) is 0 Å². The second kappa shape index (κ2) is 31.5. The van der Waals surface area contributed by atoms with Gasteiger partial charge in [0.1, 0.15) is 0 Å². The highest BCUT2D eigenvalue weighted by atomic mass is 32.2. The molecule has 0 bridgehead atoms. The van der Waals surface area contributed by atoms with Gasteiger partial charge in [-0.2, -0.15) is 8.42 Å². The Hall–Kier alpha value is -0.950. The lowest BCUT2D eigenvalue weighted by molar-refractivity contribution is -0.137. The van der Waals surface area contributed by atoms with Gasteiger partial charge >= 0.3 is 16.1 Å². The Labute approximate surface area is 260 Å². The molecular formula is C35H68O6S. The summed E-state index contributed by atoms with van der Waals surface area (Å²) in [4.78, 5) is 21.6. The molecule has 0 aliphatic carbocycles. The van der Waals surface area contributed by atoms with E-state index in [2.05, 4.69) is 0 Å². The Kier molecular flexibility index (Phi) is 30.8. The Morgan fingerprint density at radius 3 is 0.667 bits per heavy atom. The molecule has 6 nitrogen and oxygen atoms in total. The second-order valence-corrected chi connectivity index (χ2v) is 14.1. The molecule has 250 valence electrons. The van der Waals surface area contributed by atoms with E-state index in [4.69, 9.17) is 9.66 Å². The van der Waals surface area contributed by atoms with Gasteiger partial charge in [0.05, 0.1) is 0 Å². The molecule has 7 heteroatoms. The Morgan fingerprint density at radius 1 is 0.333 bits per heavy atom. The molecule has 0 unspecified atom stereocenters. The minimum absolute atomic E-state index is 0.0650. The van der Waals surface area contributed by atoms with E-state index in [9.17, 15) is 18.0 Å². The highest BCUT2D eigenvalue weighted by Gasteiger charge is 2.16. The van der Waals surface area contributed by atoms with Crippen LogP contribution in [0.3, 0.4) is 0 Å². The van der Waals surface area contributed by atoms with Gasteiger partial charge in [0, 0.05) is 12.8 Å². The van der Waals surface area contributed by atoms with Crippen LogP contribution < -0.4 is 0 Å². The van der Waals surface area contributed by atoms with Gasteiger partial charge in [-0.1, -0.05) is 186 Å². The monoisotopic (exact) mass is 616 g/mol.